The van der Waals surface area contributed by atoms with Gasteiger partial charge in [-0.1, -0.05) is 6.42 Å². The molecule has 0 bridgehead atoms. The lowest BCUT2D eigenvalue weighted by molar-refractivity contribution is 0.0952. The molecule has 7 heteroatoms. The Balaban J connectivity index is 1.51. The highest BCUT2D eigenvalue weighted by Crippen LogP contribution is 2.34. The number of carbonyl (C=O) groups is 1. The van der Waals surface area contributed by atoms with Crippen LogP contribution in [0.15, 0.2) is 17.5 Å². The Morgan fingerprint density at radius 1 is 1.33 bits per heavy atom. The Labute approximate surface area is 164 Å². The van der Waals surface area contributed by atoms with E-state index in [0.717, 1.165) is 49.7 Å². The highest BCUT2D eigenvalue weighted by atomic mass is 32.1. The van der Waals surface area contributed by atoms with E-state index in [1.807, 2.05) is 17.7 Å². The molecule has 2 aliphatic rings. The van der Waals surface area contributed by atoms with E-state index in [1.165, 1.54) is 18.5 Å². The second-order valence-electron chi connectivity index (χ2n) is 7.44. The normalized spacial score (nSPS) is 23.6. The van der Waals surface area contributed by atoms with Crippen LogP contribution in [0.4, 0.5) is 0 Å². The second kappa shape index (κ2) is 8.12. The van der Waals surface area contributed by atoms with Gasteiger partial charge in [0.25, 0.3) is 5.91 Å². The van der Waals surface area contributed by atoms with E-state index in [4.69, 9.17) is 9.72 Å². The van der Waals surface area contributed by atoms with Crippen LogP contribution in [0.2, 0.25) is 0 Å². The maximum atomic E-state index is 12.1. The molecule has 2 aromatic heterocycles. The highest BCUT2D eigenvalue weighted by Gasteiger charge is 2.28. The number of thiazole rings is 1. The molecular formula is C20H28N4O2S. The molecule has 0 spiro atoms. The lowest BCUT2D eigenvalue weighted by atomic mass is 9.99. The minimum absolute atomic E-state index is 0.0354. The van der Waals surface area contributed by atoms with Crippen molar-refractivity contribution in [2.24, 2.45) is 7.05 Å². The molecule has 1 N–H and O–H groups in total. The zero-order valence-corrected chi connectivity index (χ0v) is 16.9. The number of aromatic nitrogens is 2. The van der Waals surface area contributed by atoms with Crippen LogP contribution in [0.1, 0.15) is 71.1 Å². The van der Waals surface area contributed by atoms with Gasteiger partial charge in [-0.05, 0) is 44.4 Å². The van der Waals surface area contributed by atoms with E-state index in [0.29, 0.717) is 11.7 Å². The smallest absolute Gasteiger partial charge is 0.267 e. The van der Waals surface area contributed by atoms with Crippen LogP contribution < -0.4 is 5.32 Å². The van der Waals surface area contributed by atoms with Gasteiger partial charge in [0.15, 0.2) is 0 Å². The third-order valence-electron chi connectivity index (χ3n) is 5.72. The van der Waals surface area contributed by atoms with E-state index in [1.54, 1.807) is 18.4 Å². The van der Waals surface area contributed by atoms with Crippen LogP contribution in [0, 0.1) is 0 Å². The van der Waals surface area contributed by atoms with E-state index in [2.05, 4.69) is 21.7 Å². The first-order chi connectivity index (χ1) is 13.2. The summed E-state index contributed by atoms with van der Waals surface area (Å²) in [5.74, 6) is -0.0354. The Hall–Kier alpha value is -1.70. The molecule has 0 unspecified atom stereocenters. The van der Waals surface area contributed by atoms with Crippen LogP contribution >= 0.6 is 11.3 Å². The largest absolute Gasteiger partial charge is 0.371 e. The van der Waals surface area contributed by atoms with Crippen molar-refractivity contribution in [3.05, 3.63) is 39.6 Å². The van der Waals surface area contributed by atoms with Crippen molar-refractivity contribution in [1.82, 2.24) is 19.8 Å². The van der Waals surface area contributed by atoms with E-state index < -0.39 is 0 Å². The molecule has 4 rings (SSSR count). The number of hydrogen-bond acceptors (Lipinski definition) is 5. The summed E-state index contributed by atoms with van der Waals surface area (Å²) in [5, 5.41) is 6.03. The fraction of sp³-hybridized carbons (Fsp3) is 0.600. The number of hydrogen-bond donors (Lipinski definition) is 1. The van der Waals surface area contributed by atoms with Gasteiger partial charge in [0.05, 0.1) is 11.7 Å². The first kappa shape index (κ1) is 18.7. The predicted molar refractivity (Wildman–Crippen MR) is 106 cm³/mol. The minimum atomic E-state index is -0.0354. The van der Waals surface area contributed by atoms with Gasteiger partial charge >= 0.3 is 0 Å². The molecule has 27 heavy (non-hydrogen) atoms. The van der Waals surface area contributed by atoms with Crippen molar-refractivity contribution >= 4 is 17.2 Å². The standard InChI is InChI=1S/C20H28N4O2S/c1-21-19(25)17-9-8-15(23(17)2)16-6-3-4-10-24(16)12-14-13-27-20(22-14)18-7-5-11-26-18/h8-9,13,16,18H,3-7,10-12H2,1-2H3,(H,21,25)/t16-,18-/m0/s1. The molecule has 4 heterocycles. The molecule has 1 amide bonds. The molecule has 2 aliphatic heterocycles. The molecule has 146 valence electrons. The Morgan fingerprint density at radius 2 is 2.22 bits per heavy atom. The number of nitrogens with zero attached hydrogens (tertiary/aromatic N) is 3. The first-order valence-corrected chi connectivity index (χ1v) is 10.7. The van der Waals surface area contributed by atoms with Crippen LogP contribution in [-0.2, 0) is 18.3 Å². The summed E-state index contributed by atoms with van der Waals surface area (Å²) in [6.45, 7) is 2.78. The molecule has 2 aromatic rings. The van der Waals surface area contributed by atoms with Gasteiger partial charge in [-0.2, -0.15) is 0 Å². The van der Waals surface area contributed by atoms with Gasteiger partial charge in [0.2, 0.25) is 0 Å². The van der Waals surface area contributed by atoms with E-state index in [-0.39, 0.29) is 12.0 Å². The number of ether oxygens (including phenoxy) is 1. The Morgan fingerprint density at radius 3 is 3.00 bits per heavy atom. The monoisotopic (exact) mass is 388 g/mol. The Bertz CT molecular complexity index is 794. The van der Waals surface area contributed by atoms with Gasteiger partial charge < -0.3 is 14.6 Å². The van der Waals surface area contributed by atoms with Crippen molar-refractivity contribution in [3.63, 3.8) is 0 Å². The van der Waals surface area contributed by atoms with Crippen molar-refractivity contribution < 1.29 is 9.53 Å². The van der Waals surface area contributed by atoms with Gasteiger partial charge in [0.1, 0.15) is 16.8 Å². The van der Waals surface area contributed by atoms with Gasteiger partial charge in [-0.25, -0.2) is 4.98 Å². The first-order valence-electron chi connectivity index (χ1n) is 9.85. The number of amides is 1. The zero-order chi connectivity index (χ0) is 18.8. The fourth-order valence-corrected chi connectivity index (χ4v) is 5.15. The van der Waals surface area contributed by atoms with Crippen molar-refractivity contribution in [3.8, 4) is 0 Å². The fourth-order valence-electron chi connectivity index (χ4n) is 4.26. The van der Waals surface area contributed by atoms with Crippen LogP contribution in [0.5, 0.6) is 0 Å². The molecule has 0 radical (unpaired) electrons. The molecule has 0 aromatic carbocycles. The molecule has 2 atom stereocenters. The van der Waals surface area contributed by atoms with Crippen molar-refractivity contribution in [2.45, 2.75) is 50.8 Å². The number of carbonyl (C=O) groups excluding carboxylic acids is 1. The second-order valence-corrected chi connectivity index (χ2v) is 8.33. The quantitative estimate of drug-likeness (QED) is 0.853. The number of nitrogens with one attached hydrogen (secondary N) is 1. The molecule has 2 fully saturated rings. The van der Waals surface area contributed by atoms with E-state index in [9.17, 15) is 4.79 Å². The maximum absolute atomic E-state index is 12.1. The summed E-state index contributed by atoms with van der Waals surface area (Å²) >= 11 is 1.73. The zero-order valence-electron chi connectivity index (χ0n) is 16.1. The van der Waals surface area contributed by atoms with Crippen molar-refractivity contribution in [1.29, 1.82) is 0 Å². The SMILES string of the molecule is CNC(=O)c1ccc([C@@H]2CCCCN2Cc2csc([C@@H]3CCCO3)n2)n1C. The van der Waals surface area contributed by atoms with Gasteiger partial charge in [0, 0.05) is 38.3 Å². The Kier molecular flexibility index (Phi) is 5.61. The topological polar surface area (TPSA) is 59.4 Å². The number of rotatable bonds is 5. The molecule has 0 saturated carbocycles. The number of likely N-dealkylation sites (tertiary alicyclic amines) is 1. The molecule has 0 aliphatic carbocycles. The lowest BCUT2D eigenvalue weighted by Gasteiger charge is -2.35. The third-order valence-corrected chi connectivity index (χ3v) is 6.70. The summed E-state index contributed by atoms with van der Waals surface area (Å²) in [7, 11) is 3.67. The molecular weight excluding hydrogens is 360 g/mol. The molecule has 2 saturated heterocycles. The molecule has 6 nitrogen and oxygen atoms in total. The lowest BCUT2D eigenvalue weighted by Crippen LogP contribution is -2.34. The van der Waals surface area contributed by atoms with Gasteiger partial charge in [-0.3, -0.25) is 9.69 Å². The van der Waals surface area contributed by atoms with Gasteiger partial charge in [-0.15, -0.1) is 11.3 Å². The third kappa shape index (κ3) is 3.81. The van der Waals surface area contributed by atoms with Crippen LogP contribution in [0.25, 0.3) is 0 Å². The van der Waals surface area contributed by atoms with Crippen LogP contribution in [-0.4, -0.2) is 40.6 Å². The van der Waals surface area contributed by atoms with E-state index >= 15 is 0 Å². The summed E-state index contributed by atoms with van der Waals surface area (Å²) in [6.07, 6.45) is 5.98. The summed E-state index contributed by atoms with van der Waals surface area (Å²) in [4.78, 5) is 19.4. The maximum Gasteiger partial charge on any atom is 0.267 e. The minimum Gasteiger partial charge on any atom is -0.371 e. The summed E-state index contributed by atoms with van der Waals surface area (Å²) < 4.78 is 7.82. The average Bonchev–Trinajstić information content (AvgIpc) is 3.42. The number of piperidine rings is 1. The predicted octanol–water partition coefficient (Wildman–Crippen LogP) is 3.42. The van der Waals surface area contributed by atoms with Crippen molar-refractivity contribution in [2.75, 3.05) is 20.2 Å². The summed E-state index contributed by atoms with van der Waals surface area (Å²) in [6, 6.07) is 4.36. The van der Waals surface area contributed by atoms with Crippen LogP contribution in [0.3, 0.4) is 0 Å². The summed E-state index contributed by atoms with van der Waals surface area (Å²) in [5.41, 5.74) is 3.06. The highest BCUT2D eigenvalue weighted by molar-refractivity contribution is 7.09. The average molecular weight is 389 g/mol.